The smallest absolute Gasteiger partial charge is 0.348 e. The van der Waals surface area contributed by atoms with Crippen LogP contribution in [-0.4, -0.2) is 36.1 Å². The van der Waals surface area contributed by atoms with Crippen LogP contribution in [0.2, 0.25) is 0 Å². The van der Waals surface area contributed by atoms with Crippen molar-refractivity contribution >= 4 is 23.4 Å². The lowest BCUT2D eigenvalue weighted by molar-refractivity contribution is -0.139. The quantitative estimate of drug-likeness (QED) is 0.252. The van der Waals surface area contributed by atoms with Crippen molar-refractivity contribution in [3.05, 3.63) is 70.7 Å². The first-order valence-corrected chi connectivity index (χ1v) is 9.52. The van der Waals surface area contributed by atoms with Crippen molar-refractivity contribution in [3.63, 3.8) is 0 Å². The molecule has 0 amide bonds. The minimum Gasteiger partial charge on any atom is -0.459 e. The van der Waals surface area contributed by atoms with Crippen molar-refractivity contribution in [2.75, 3.05) is 20.3 Å². The van der Waals surface area contributed by atoms with E-state index in [0.29, 0.717) is 12.1 Å². The summed E-state index contributed by atoms with van der Waals surface area (Å²) in [5.41, 5.74) is 2.45. The molecule has 2 heterocycles. The molecule has 0 saturated heterocycles. The summed E-state index contributed by atoms with van der Waals surface area (Å²) in [7, 11) is 1.52. The van der Waals surface area contributed by atoms with E-state index in [0.717, 1.165) is 16.1 Å². The van der Waals surface area contributed by atoms with Gasteiger partial charge in [-0.15, -0.1) is 11.3 Å². The van der Waals surface area contributed by atoms with Gasteiger partial charge in [-0.3, -0.25) is 4.68 Å². The first kappa shape index (κ1) is 19.5. The molecule has 3 aromatic rings. The monoisotopic (exact) mass is 393 g/mol. The van der Waals surface area contributed by atoms with E-state index in [9.17, 15) is 10.1 Å². The number of nitriles is 1. The summed E-state index contributed by atoms with van der Waals surface area (Å²) < 4.78 is 11.7. The van der Waals surface area contributed by atoms with Gasteiger partial charge in [0, 0.05) is 18.9 Å². The van der Waals surface area contributed by atoms with Gasteiger partial charge in [-0.1, -0.05) is 36.4 Å². The van der Waals surface area contributed by atoms with Gasteiger partial charge >= 0.3 is 5.97 Å². The standard InChI is InChI=1S/C21H19N3O3S/c1-26-9-10-27-21(25)17(13-22)12-18-15-24(14-16-6-3-2-4-7-16)23-20(18)19-8-5-11-28-19/h2-8,11-12,15H,9-10,14H2,1H3/b17-12+. The van der Waals surface area contributed by atoms with Crippen molar-refractivity contribution < 1.29 is 14.3 Å². The molecule has 142 valence electrons. The molecule has 0 fully saturated rings. The maximum atomic E-state index is 12.2. The molecule has 0 unspecified atom stereocenters. The van der Waals surface area contributed by atoms with Crippen LogP contribution in [0.4, 0.5) is 0 Å². The van der Waals surface area contributed by atoms with Crippen LogP contribution < -0.4 is 0 Å². The highest BCUT2D eigenvalue weighted by atomic mass is 32.1. The van der Waals surface area contributed by atoms with Crippen molar-refractivity contribution in [1.29, 1.82) is 5.26 Å². The van der Waals surface area contributed by atoms with Gasteiger partial charge in [0.1, 0.15) is 23.9 Å². The molecule has 0 N–H and O–H groups in total. The largest absolute Gasteiger partial charge is 0.459 e. The zero-order valence-corrected chi connectivity index (χ0v) is 16.2. The number of esters is 1. The van der Waals surface area contributed by atoms with Gasteiger partial charge in [0.15, 0.2) is 0 Å². The number of hydrogen-bond acceptors (Lipinski definition) is 6. The third kappa shape index (κ3) is 4.94. The van der Waals surface area contributed by atoms with E-state index < -0.39 is 5.97 Å². The first-order valence-electron chi connectivity index (χ1n) is 8.64. The van der Waals surface area contributed by atoms with E-state index in [1.807, 2.05) is 64.8 Å². The molecule has 0 radical (unpaired) electrons. The number of carbonyl (C=O) groups excluding carboxylic acids is 1. The van der Waals surface area contributed by atoms with Crippen molar-refractivity contribution in [2.45, 2.75) is 6.54 Å². The first-order chi connectivity index (χ1) is 13.7. The number of ether oxygens (including phenoxy) is 2. The van der Waals surface area contributed by atoms with Crippen LogP contribution in [0.5, 0.6) is 0 Å². The Morgan fingerprint density at radius 3 is 2.75 bits per heavy atom. The molecule has 1 aromatic carbocycles. The number of thiophene rings is 1. The molecule has 0 saturated carbocycles. The summed E-state index contributed by atoms with van der Waals surface area (Å²) in [6, 6.07) is 15.8. The van der Waals surface area contributed by atoms with E-state index in [1.165, 1.54) is 13.2 Å². The minimum atomic E-state index is -0.674. The molecule has 3 rings (SSSR count). The Kier molecular flexibility index (Phi) is 6.73. The molecule has 6 nitrogen and oxygen atoms in total. The molecule has 28 heavy (non-hydrogen) atoms. The van der Waals surface area contributed by atoms with Gasteiger partial charge in [-0.05, 0) is 23.1 Å². The zero-order chi connectivity index (χ0) is 19.8. The van der Waals surface area contributed by atoms with E-state index in [1.54, 1.807) is 11.3 Å². The Morgan fingerprint density at radius 2 is 2.07 bits per heavy atom. The van der Waals surface area contributed by atoms with Crippen LogP contribution in [0.3, 0.4) is 0 Å². The lowest BCUT2D eigenvalue weighted by Crippen LogP contribution is -2.11. The summed E-state index contributed by atoms with van der Waals surface area (Å²) in [5.74, 6) is -0.674. The number of hydrogen-bond donors (Lipinski definition) is 0. The van der Waals surface area contributed by atoms with E-state index in [-0.39, 0.29) is 18.8 Å². The molecule has 0 bridgehead atoms. The second-order valence-electron chi connectivity index (χ2n) is 5.89. The predicted molar refractivity (Wildman–Crippen MR) is 108 cm³/mol. The zero-order valence-electron chi connectivity index (χ0n) is 15.4. The maximum Gasteiger partial charge on any atom is 0.348 e. The average molecular weight is 393 g/mol. The average Bonchev–Trinajstić information content (AvgIpc) is 3.36. The summed E-state index contributed by atoms with van der Waals surface area (Å²) in [6.07, 6.45) is 3.36. The highest BCUT2D eigenvalue weighted by molar-refractivity contribution is 7.13. The number of rotatable bonds is 8. The minimum absolute atomic E-state index is 0.0758. The van der Waals surface area contributed by atoms with Crippen LogP contribution in [0, 0.1) is 11.3 Å². The molecule has 2 aromatic heterocycles. The molecular weight excluding hydrogens is 374 g/mol. The molecule has 0 spiro atoms. The number of nitrogens with zero attached hydrogens (tertiary/aromatic N) is 3. The van der Waals surface area contributed by atoms with Crippen molar-refractivity contribution in [3.8, 4) is 16.6 Å². The molecular formula is C21H19N3O3S. The summed E-state index contributed by atoms with van der Waals surface area (Å²) in [4.78, 5) is 13.1. The molecule has 0 atom stereocenters. The van der Waals surface area contributed by atoms with Crippen LogP contribution >= 0.6 is 11.3 Å². The van der Waals surface area contributed by atoms with E-state index in [2.05, 4.69) is 5.10 Å². The Hall–Kier alpha value is -3.21. The molecule has 0 aliphatic rings. The molecule has 0 aliphatic carbocycles. The van der Waals surface area contributed by atoms with Gasteiger partial charge in [-0.25, -0.2) is 4.79 Å². The third-order valence-electron chi connectivity index (χ3n) is 3.89. The van der Waals surface area contributed by atoms with Crippen LogP contribution in [0.15, 0.2) is 59.6 Å². The van der Waals surface area contributed by atoms with Crippen molar-refractivity contribution in [2.24, 2.45) is 0 Å². The highest BCUT2D eigenvalue weighted by Crippen LogP contribution is 2.28. The normalized spacial score (nSPS) is 11.2. The Morgan fingerprint density at radius 1 is 1.25 bits per heavy atom. The lowest BCUT2D eigenvalue weighted by Gasteiger charge is -2.02. The van der Waals surface area contributed by atoms with Crippen LogP contribution in [-0.2, 0) is 20.8 Å². The Labute approximate surface area is 167 Å². The Bertz CT molecular complexity index is 986. The van der Waals surface area contributed by atoms with E-state index >= 15 is 0 Å². The lowest BCUT2D eigenvalue weighted by atomic mass is 10.1. The second-order valence-corrected chi connectivity index (χ2v) is 6.84. The van der Waals surface area contributed by atoms with Gasteiger partial charge < -0.3 is 9.47 Å². The summed E-state index contributed by atoms with van der Waals surface area (Å²) >= 11 is 1.55. The van der Waals surface area contributed by atoms with Crippen molar-refractivity contribution in [1.82, 2.24) is 9.78 Å². The molecule has 7 heteroatoms. The fourth-order valence-electron chi connectivity index (χ4n) is 2.59. The number of methoxy groups -OCH3 is 1. The van der Waals surface area contributed by atoms with Crippen LogP contribution in [0.25, 0.3) is 16.6 Å². The maximum absolute atomic E-state index is 12.2. The Balaban J connectivity index is 1.91. The van der Waals surface area contributed by atoms with Gasteiger partial charge in [-0.2, -0.15) is 10.4 Å². The predicted octanol–water partition coefficient (Wildman–Crippen LogP) is 3.76. The number of carbonyl (C=O) groups is 1. The fraction of sp³-hybridized carbons (Fsp3) is 0.190. The SMILES string of the molecule is COCCOC(=O)/C(C#N)=C/c1cn(Cc2ccccc2)nc1-c1cccs1. The third-order valence-corrected chi connectivity index (χ3v) is 4.77. The van der Waals surface area contributed by atoms with Gasteiger partial charge in [0.25, 0.3) is 0 Å². The highest BCUT2D eigenvalue weighted by Gasteiger charge is 2.16. The van der Waals surface area contributed by atoms with Crippen LogP contribution in [0.1, 0.15) is 11.1 Å². The fourth-order valence-corrected chi connectivity index (χ4v) is 3.32. The van der Waals surface area contributed by atoms with E-state index in [4.69, 9.17) is 9.47 Å². The van der Waals surface area contributed by atoms with Gasteiger partial charge in [0.05, 0.1) is 18.0 Å². The number of aromatic nitrogens is 2. The summed E-state index contributed by atoms with van der Waals surface area (Å²) in [5, 5.41) is 16.0. The number of benzene rings is 1. The summed E-state index contributed by atoms with van der Waals surface area (Å²) in [6.45, 7) is 0.965. The topological polar surface area (TPSA) is 77.1 Å². The molecule has 0 aliphatic heterocycles. The van der Waals surface area contributed by atoms with Gasteiger partial charge in [0.2, 0.25) is 0 Å². The second kappa shape index (κ2) is 9.65.